The second-order valence-corrected chi connectivity index (χ2v) is 8.59. The summed E-state index contributed by atoms with van der Waals surface area (Å²) in [5, 5.41) is 2.98. The number of ether oxygens (including phenoxy) is 2. The molecule has 1 heterocycles. The lowest BCUT2D eigenvalue weighted by molar-refractivity contribution is -0.120. The van der Waals surface area contributed by atoms with Gasteiger partial charge >= 0.3 is 0 Å². The number of carbonyl (C=O) groups excluding carboxylic acids is 1. The number of methoxy groups -OCH3 is 2. The summed E-state index contributed by atoms with van der Waals surface area (Å²) in [6.07, 6.45) is 9.46. The summed E-state index contributed by atoms with van der Waals surface area (Å²) in [5.41, 5.74) is 3.18. The largest absolute Gasteiger partial charge is 0.493 e. The number of nitrogens with one attached hydrogen (secondary N) is 1. The van der Waals surface area contributed by atoms with Gasteiger partial charge in [-0.3, -0.25) is 9.59 Å². The van der Waals surface area contributed by atoms with Crippen molar-refractivity contribution in [3.05, 3.63) is 94.4 Å². The number of rotatable bonds is 13. The van der Waals surface area contributed by atoms with E-state index in [1.807, 2.05) is 53.1 Å². The highest BCUT2D eigenvalue weighted by molar-refractivity contribution is 5.78. The van der Waals surface area contributed by atoms with Crippen LogP contribution in [-0.4, -0.2) is 56.3 Å². The van der Waals surface area contributed by atoms with Crippen molar-refractivity contribution in [2.24, 2.45) is 0 Å². The predicted molar refractivity (Wildman–Crippen MR) is 144 cm³/mol. The average Bonchev–Trinajstić information content (AvgIpc) is 2.90. The van der Waals surface area contributed by atoms with Gasteiger partial charge in [-0.2, -0.15) is 0 Å². The predicted octanol–water partition coefficient (Wildman–Crippen LogP) is 3.94. The van der Waals surface area contributed by atoms with Gasteiger partial charge in [0.25, 0.3) is 0 Å². The second kappa shape index (κ2) is 13.9. The minimum Gasteiger partial charge on any atom is -0.493 e. The average molecular weight is 490 g/mol. The van der Waals surface area contributed by atoms with Crippen molar-refractivity contribution in [3.63, 3.8) is 0 Å². The Kier molecular flexibility index (Phi) is 10.3. The molecule has 7 heteroatoms. The van der Waals surface area contributed by atoms with Crippen LogP contribution in [0.4, 0.5) is 0 Å². The minimum absolute atomic E-state index is 0.0118. The smallest absolute Gasteiger partial charge is 0.223 e. The molecule has 0 unspecified atom stereocenters. The number of aromatic nitrogens is 1. The van der Waals surface area contributed by atoms with Crippen molar-refractivity contribution in [2.45, 2.75) is 19.3 Å². The molecule has 0 bridgehead atoms. The van der Waals surface area contributed by atoms with Crippen LogP contribution in [0.15, 0.2) is 77.9 Å². The molecule has 3 rings (SSSR count). The molecule has 1 aromatic heterocycles. The molecule has 190 valence electrons. The first-order valence-corrected chi connectivity index (χ1v) is 12.1. The van der Waals surface area contributed by atoms with Gasteiger partial charge in [0.2, 0.25) is 5.91 Å². The molecule has 0 atom stereocenters. The molecular weight excluding hydrogens is 454 g/mol. The van der Waals surface area contributed by atoms with E-state index in [1.54, 1.807) is 26.6 Å². The van der Waals surface area contributed by atoms with Gasteiger partial charge in [0.1, 0.15) is 0 Å². The molecule has 1 amide bonds. The number of hydrogen-bond acceptors (Lipinski definition) is 5. The van der Waals surface area contributed by atoms with Crippen molar-refractivity contribution in [1.82, 2.24) is 14.8 Å². The van der Waals surface area contributed by atoms with Gasteiger partial charge in [0.05, 0.1) is 14.2 Å². The fourth-order valence-electron chi connectivity index (χ4n) is 3.76. The summed E-state index contributed by atoms with van der Waals surface area (Å²) >= 11 is 0. The summed E-state index contributed by atoms with van der Waals surface area (Å²) in [6, 6.07) is 17.0. The Hall–Kier alpha value is -3.84. The van der Waals surface area contributed by atoms with E-state index in [9.17, 15) is 9.59 Å². The van der Waals surface area contributed by atoms with Crippen LogP contribution in [0.3, 0.4) is 0 Å². The van der Waals surface area contributed by atoms with Crippen molar-refractivity contribution < 1.29 is 14.3 Å². The molecule has 0 spiro atoms. The number of amides is 1. The summed E-state index contributed by atoms with van der Waals surface area (Å²) in [7, 11) is 5.37. The number of pyridine rings is 1. The molecular formula is C29H35N3O4. The summed E-state index contributed by atoms with van der Waals surface area (Å²) in [6.45, 7) is 2.49. The van der Waals surface area contributed by atoms with Gasteiger partial charge in [-0.05, 0) is 61.8 Å². The normalized spacial score (nSPS) is 11.1. The number of likely N-dealkylation sites (N-methyl/N-ethyl adjacent to an activating group) is 1. The number of hydrogen-bond donors (Lipinski definition) is 1. The number of benzene rings is 2. The Morgan fingerprint density at radius 3 is 2.39 bits per heavy atom. The van der Waals surface area contributed by atoms with Gasteiger partial charge < -0.3 is 24.3 Å². The third-order valence-corrected chi connectivity index (χ3v) is 5.87. The summed E-state index contributed by atoms with van der Waals surface area (Å²) < 4.78 is 12.5. The van der Waals surface area contributed by atoms with Crippen molar-refractivity contribution >= 4 is 12.0 Å². The summed E-state index contributed by atoms with van der Waals surface area (Å²) in [5.74, 6) is 1.50. The first-order valence-electron chi connectivity index (χ1n) is 12.1. The lowest BCUT2D eigenvalue weighted by atomic mass is 10.1. The van der Waals surface area contributed by atoms with Crippen LogP contribution in [-0.2, 0) is 11.2 Å². The maximum absolute atomic E-state index is 12.1. The fourth-order valence-corrected chi connectivity index (χ4v) is 3.76. The van der Waals surface area contributed by atoms with Crippen molar-refractivity contribution in [1.29, 1.82) is 0 Å². The van der Waals surface area contributed by atoms with Crippen LogP contribution < -0.4 is 20.2 Å². The van der Waals surface area contributed by atoms with Crippen LogP contribution in [0, 0.1) is 0 Å². The number of carbonyl (C=O) groups is 1. The molecule has 0 aliphatic rings. The lowest BCUT2D eigenvalue weighted by Gasteiger charge is -2.17. The van der Waals surface area contributed by atoms with Gasteiger partial charge in [0.15, 0.2) is 16.9 Å². The third-order valence-electron chi connectivity index (χ3n) is 5.87. The summed E-state index contributed by atoms with van der Waals surface area (Å²) in [4.78, 5) is 25.6. The highest BCUT2D eigenvalue weighted by atomic mass is 16.5. The zero-order valence-electron chi connectivity index (χ0n) is 21.3. The zero-order valence-corrected chi connectivity index (χ0v) is 21.3. The van der Waals surface area contributed by atoms with Crippen LogP contribution >= 0.6 is 0 Å². The Labute approximate surface area is 213 Å². The third kappa shape index (κ3) is 8.43. The van der Waals surface area contributed by atoms with Crippen LogP contribution in [0.25, 0.3) is 11.8 Å². The van der Waals surface area contributed by atoms with Crippen LogP contribution in [0.1, 0.15) is 24.0 Å². The maximum atomic E-state index is 12.1. The lowest BCUT2D eigenvalue weighted by Crippen LogP contribution is -2.28. The van der Waals surface area contributed by atoms with Crippen molar-refractivity contribution in [3.8, 4) is 17.2 Å². The van der Waals surface area contributed by atoms with Gasteiger partial charge in [0, 0.05) is 49.7 Å². The zero-order chi connectivity index (χ0) is 25.8. The molecule has 0 fully saturated rings. The molecule has 0 saturated carbocycles. The molecule has 0 aliphatic heterocycles. The molecule has 0 aliphatic carbocycles. The molecule has 0 saturated heterocycles. The first kappa shape index (κ1) is 26.8. The monoisotopic (exact) mass is 489 g/mol. The first-order chi connectivity index (χ1) is 17.5. The van der Waals surface area contributed by atoms with E-state index < -0.39 is 0 Å². The van der Waals surface area contributed by atoms with E-state index in [4.69, 9.17) is 9.47 Å². The van der Waals surface area contributed by atoms with E-state index in [2.05, 4.69) is 23.3 Å². The molecule has 0 radical (unpaired) electrons. The van der Waals surface area contributed by atoms with E-state index in [0.717, 1.165) is 48.7 Å². The standard InChI is InChI=1S/C29H35N3O4/c1-31(19-14-24-10-13-27(35-2)28(22-24)36-3)18-5-17-30-29(34)7-4-6-23-8-11-25(12-9-23)32-20-15-26(33)16-21-32/h4,6,8-13,15-16,20-22H,5,7,14,17-19H2,1-3H3,(H,30,34). The topological polar surface area (TPSA) is 72.8 Å². The molecule has 36 heavy (non-hydrogen) atoms. The molecule has 2 aromatic carbocycles. The minimum atomic E-state index is -0.0118. The highest BCUT2D eigenvalue weighted by Crippen LogP contribution is 2.27. The van der Waals surface area contributed by atoms with Gasteiger partial charge in [-0.25, -0.2) is 0 Å². The quantitative estimate of drug-likeness (QED) is 0.368. The van der Waals surface area contributed by atoms with Gasteiger partial charge in [-0.1, -0.05) is 30.4 Å². The second-order valence-electron chi connectivity index (χ2n) is 8.59. The van der Waals surface area contributed by atoms with E-state index in [0.29, 0.717) is 13.0 Å². The maximum Gasteiger partial charge on any atom is 0.223 e. The molecule has 3 aromatic rings. The Morgan fingerprint density at radius 2 is 1.69 bits per heavy atom. The van der Waals surface area contributed by atoms with Crippen LogP contribution in [0.5, 0.6) is 11.5 Å². The Bertz CT molecular complexity index is 1180. The SMILES string of the molecule is COc1ccc(CCN(C)CCCNC(=O)CC=Cc2ccc(-n3ccc(=O)cc3)cc2)cc1OC. The fraction of sp³-hybridized carbons (Fsp3) is 0.310. The van der Waals surface area contributed by atoms with E-state index in [-0.39, 0.29) is 11.3 Å². The van der Waals surface area contributed by atoms with Crippen molar-refractivity contribution in [2.75, 3.05) is 40.9 Å². The molecule has 1 N–H and O–H groups in total. The Morgan fingerprint density at radius 1 is 0.972 bits per heavy atom. The Balaban J connectivity index is 1.32. The van der Waals surface area contributed by atoms with Crippen LogP contribution in [0.2, 0.25) is 0 Å². The van der Waals surface area contributed by atoms with Gasteiger partial charge in [-0.15, -0.1) is 0 Å². The molecule has 7 nitrogen and oxygen atoms in total. The van der Waals surface area contributed by atoms with E-state index >= 15 is 0 Å². The highest BCUT2D eigenvalue weighted by Gasteiger charge is 2.06. The number of nitrogens with zero attached hydrogens (tertiary/aromatic N) is 2. The van der Waals surface area contributed by atoms with E-state index in [1.165, 1.54) is 17.7 Å².